The Morgan fingerprint density at radius 2 is 1.50 bits per heavy atom. The monoisotopic (exact) mass is 298 g/mol. The molecule has 0 radical (unpaired) electrons. The Labute approximate surface area is 125 Å². The van der Waals surface area contributed by atoms with Gasteiger partial charge in [0.15, 0.2) is 0 Å². The molecule has 0 heterocycles. The van der Waals surface area contributed by atoms with Crippen molar-refractivity contribution in [2.45, 2.75) is 59.0 Å². The Morgan fingerprint density at radius 1 is 1.10 bits per heavy atom. The zero-order valence-electron chi connectivity index (χ0n) is 13.0. The molecule has 3 nitrogen and oxygen atoms in total. The van der Waals surface area contributed by atoms with Gasteiger partial charge in [-0.1, -0.05) is 41.5 Å². The van der Waals surface area contributed by atoms with Crippen LogP contribution in [0.3, 0.4) is 0 Å². The number of halogens is 1. The van der Waals surface area contributed by atoms with Crippen LogP contribution in [0.5, 0.6) is 5.75 Å². The maximum Gasteiger partial charge on any atom is 0.404 e. The molecule has 1 rings (SSSR count). The Kier molecular flexibility index (Phi) is 4.75. The number of rotatable bonds is 2. The Balaban J connectivity index is 3.38. The van der Waals surface area contributed by atoms with Gasteiger partial charge in [0.05, 0.1) is 0 Å². The van der Waals surface area contributed by atoms with Gasteiger partial charge in [-0.05, 0) is 39.7 Å². The van der Waals surface area contributed by atoms with Gasteiger partial charge in [-0.2, -0.15) is 0 Å². The molecule has 20 heavy (non-hydrogen) atoms. The Morgan fingerprint density at radius 3 is 1.80 bits per heavy atom. The van der Waals surface area contributed by atoms with E-state index in [1.807, 2.05) is 53.7 Å². The smallest absolute Gasteiger partial charge is 0.404 e. The van der Waals surface area contributed by atoms with Crippen LogP contribution in [-0.4, -0.2) is 10.5 Å². The summed E-state index contributed by atoms with van der Waals surface area (Å²) in [7, 11) is 0. The summed E-state index contributed by atoms with van der Waals surface area (Å²) in [4.78, 5) is 10.7. The third-order valence-electron chi connectivity index (χ3n) is 3.14. The molecule has 1 N–H and O–H groups in total. The van der Waals surface area contributed by atoms with Gasteiger partial charge in [-0.3, -0.25) is 0 Å². The molecule has 0 saturated carbocycles. The van der Waals surface area contributed by atoms with Crippen molar-refractivity contribution in [1.82, 2.24) is 0 Å². The van der Waals surface area contributed by atoms with E-state index in [1.54, 1.807) is 0 Å². The number of hydrogen-bond acceptors (Lipinski definition) is 3. The van der Waals surface area contributed by atoms with Crippen LogP contribution in [0, 0.1) is 0 Å². The fraction of sp³-hybridized carbons (Fsp3) is 0.562. The second-order valence-electron chi connectivity index (χ2n) is 7.07. The van der Waals surface area contributed by atoms with E-state index in [0.717, 1.165) is 16.7 Å². The lowest BCUT2D eigenvalue weighted by atomic mass is 9.78. The molecule has 0 fully saturated rings. The molecule has 112 valence electrons. The fourth-order valence-corrected chi connectivity index (χ4v) is 2.12. The van der Waals surface area contributed by atoms with E-state index < -0.39 is 5.43 Å². The highest BCUT2D eigenvalue weighted by Gasteiger charge is 2.26. The van der Waals surface area contributed by atoms with Gasteiger partial charge in [-0.25, -0.2) is 4.79 Å². The summed E-state index contributed by atoms with van der Waals surface area (Å²) < 4.78 is 4.85. The van der Waals surface area contributed by atoms with Crippen LogP contribution in [0.25, 0.3) is 0 Å². The van der Waals surface area contributed by atoms with E-state index in [4.69, 9.17) is 16.3 Å². The highest BCUT2D eigenvalue weighted by molar-refractivity contribution is 6.61. The molecule has 0 spiro atoms. The van der Waals surface area contributed by atoms with E-state index in [-0.39, 0.29) is 17.4 Å². The van der Waals surface area contributed by atoms with Crippen molar-refractivity contribution in [3.05, 3.63) is 28.8 Å². The summed E-state index contributed by atoms with van der Waals surface area (Å²) in [5.74, 6) is 0.311. The number of benzene rings is 1. The average Bonchev–Trinajstić information content (AvgIpc) is 2.24. The molecule has 0 bridgehead atoms. The molecule has 0 amide bonds. The second-order valence-corrected chi connectivity index (χ2v) is 7.37. The zero-order valence-corrected chi connectivity index (χ0v) is 13.8. The minimum absolute atomic E-state index is 0.106. The van der Waals surface area contributed by atoms with Crippen molar-refractivity contribution >= 4 is 17.0 Å². The summed E-state index contributed by atoms with van der Waals surface area (Å²) in [6, 6.07) is 3.73. The zero-order chi connectivity index (χ0) is 15.7. The normalized spacial score (nSPS) is 12.3. The molecular formula is C16H23ClO3. The van der Waals surface area contributed by atoms with Crippen molar-refractivity contribution in [1.29, 1.82) is 0 Å². The second kappa shape index (κ2) is 5.65. The first-order valence-electron chi connectivity index (χ1n) is 6.62. The van der Waals surface area contributed by atoms with Crippen LogP contribution in [0.2, 0.25) is 0 Å². The molecule has 0 saturated heterocycles. The molecule has 0 aliphatic rings. The third kappa shape index (κ3) is 4.14. The van der Waals surface area contributed by atoms with Gasteiger partial charge in [0.1, 0.15) is 12.4 Å². The molecular weight excluding hydrogens is 276 g/mol. The molecule has 0 aromatic heterocycles. The first-order chi connectivity index (χ1) is 8.93. The van der Waals surface area contributed by atoms with Gasteiger partial charge in [0.25, 0.3) is 0 Å². The molecule has 0 unspecified atom stereocenters. The predicted molar refractivity (Wildman–Crippen MR) is 81.5 cm³/mol. The van der Waals surface area contributed by atoms with Crippen LogP contribution in [-0.2, 0) is 22.2 Å². The van der Waals surface area contributed by atoms with E-state index in [1.165, 1.54) is 0 Å². The van der Waals surface area contributed by atoms with Crippen LogP contribution >= 0.6 is 11.6 Å². The minimum Gasteiger partial charge on any atom is -0.507 e. The fourth-order valence-electron chi connectivity index (χ4n) is 2.06. The lowest BCUT2D eigenvalue weighted by Crippen LogP contribution is -2.18. The highest BCUT2D eigenvalue weighted by atomic mass is 35.5. The van der Waals surface area contributed by atoms with Gasteiger partial charge < -0.3 is 9.84 Å². The number of carbonyl (C=O) groups excluding carboxylic acids is 1. The maximum atomic E-state index is 10.7. The van der Waals surface area contributed by atoms with E-state index in [2.05, 4.69) is 0 Å². The maximum absolute atomic E-state index is 10.7. The number of carbonyl (C=O) groups is 1. The molecule has 0 aliphatic carbocycles. The van der Waals surface area contributed by atoms with Crippen molar-refractivity contribution in [2.24, 2.45) is 0 Å². The SMILES string of the molecule is CC(C)(C)c1cc(COC(=O)Cl)cc(C(C)(C)C)c1O. The standard InChI is InChI=1S/C16H23ClO3/c1-15(2,3)11-7-10(9-20-14(17)19)8-12(13(11)18)16(4,5)6/h7-8,18H,9H2,1-6H3. The van der Waals surface area contributed by atoms with Crippen LogP contribution in [0.4, 0.5) is 4.79 Å². The summed E-state index contributed by atoms with van der Waals surface area (Å²) in [6.07, 6.45) is 0. The number of aromatic hydroxyl groups is 1. The Bertz CT molecular complexity index is 472. The van der Waals surface area contributed by atoms with Gasteiger partial charge in [0.2, 0.25) is 0 Å². The first-order valence-corrected chi connectivity index (χ1v) is 7.00. The van der Waals surface area contributed by atoms with Crippen LogP contribution in [0.1, 0.15) is 58.2 Å². The summed E-state index contributed by atoms with van der Waals surface area (Å²) >= 11 is 5.21. The summed E-state index contributed by atoms with van der Waals surface area (Å²) in [6.45, 7) is 12.3. The number of ether oxygens (including phenoxy) is 1. The van der Waals surface area contributed by atoms with Gasteiger partial charge in [0, 0.05) is 11.6 Å². The van der Waals surface area contributed by atoms with Crippen molar-refractivity contribution in [3.8, 4) is 5.75 Å². The molecule has 0 aliphatic heterocycles. The van der Waals surface area contributed by atoms with Gasteiger partial charge >= 0.3 is 5.43 Å². The van der Waals surface area contributed by atoms with Gasteiger partial charge in [-0.15, -0.1) is 0 Å². The lowest BCUT2D eigenvalue weighted by molar-refractivity contribution is 0.167. The topological polar surface area (TPSA) is 46.5 Å². The van der Waals surface area contributed by atoms with Crippen LogP contribution in [0.15, 0.2) is 12.1 Å². The number of hydrogen-bond donors (Lipinski definition) is 1. The minimum atomic E-state index is -0.826. The lowest BCUT2D eigenvalue weighted by Gasteiger charge is -2.28. The molecule has 0 atom stereocenters. The number of phenols is 1. The largest absolute Gasteiger partial charge is 0.507 e. The molecule has 1 aromatic carbocycles. The first kappa shape index (κ1) is 16.8. The van der Waals surface area contributed by atoms with Crippen molar-refractivity contribution in [2.75, 3.05) is 0 Å². The Hall–Kier alpha value is -1.22. The molecule has 1 aromatic rings. The quantitative estimate of drug-likeness (QED) is 0.793. The third-order valence-corrected chi connectivity index (χ3v) is 3.25. The molecule has 4 heteroatoms. The van der Waals surface area contributed by atoms with Crippen molar-refractivity contribution in [3.63, 3.8) is 0 Å². The summed E-state index contributed by atoms with van der Waals surface area (Å²) in [5.41, 5.74) is 1.27. The van der Waals surface area contributed by atoms with E-state index in [9.17, 15) is 9.90 Å². The van der Waals surface area contributed by atoms with Crippen molar-refractivity contribution < 1.29 is 14.6 Å². The van der Waals surface area contributed by atoms with E-state index >= 15 is 0 Å². The summed E-state index contributed by atoms with van der Waals surface area (Å²) in [5, 5.41) is 10.5. The van der Waals surface area contributed by atoms with E-state index in [0.29, 0.717) is 5.75 Å². The predicted octanol–water partition coefficient (Wildman–Crippen LogP) is 4.86. The number of phenolic OH excluding ortho intramolecular Hbond substituents is 1. The van der Waals surface area contributed by atoms with Crippen LogP contribution < -0.4 is 0 Å². The highest BCUT2D eigenvalue weighted by Crippen LogP contribution is 2.39. The average molecular weight is 299 g/mol.